The number of thiocarbonyl (C=S) groups is 1. The third kappa shape index (κ3) is 5.43. The molecule has 0 fully saturated rings. The van der Waals surface area contributed by atoms with Crippen molar-refractivity contribution >= 4 is 17.3 Å². The van der Waals surface area contributed by atoms with Crippen LogP contribution in [0.1, 0.15) is 39.5 Å². The second-order valence-corrected chi connectivity index (χ2v) is 4.24. The third-order valence-electron chi connectivity index (χ3n) is 2.22. The number of rotatable bonds is 6. The van der Waals surface area contributed by atoms with E-state index < -0.39 is 0 Å². The molecule has 0 aliphatic carbocycles. The van der Waals surface area contributed by atoms with Crippen molar-refractivity contribution in [2.24, 2.45) is 0 Å². The average Bonchev–Trinajstić information content (AvgIpc) is 2.17. The predicted molar refractivity (Wildman–Crippen MR) is 67.7 cm³/mol. The normalized spacial score (nSPS) is 10.0. The zero-order valence-electron chi connectivity index (χ0n) is 10.0. The molecular formula is C11H24N2S. The minimum absolute atomic E-state index is 0.979. The molecule has 2 nitrogen and oxygen atoms in total. The molecule has 0 heterocycles. The highest BCUT2D eigenvalue weighted by atomic mass is 32.1. The van der Waals surface area contributed by atoms with Crippen LogP contribution in [0.25, 0.3) is 0 Å². The van der Waals surface area contributed by atoms with E-state index in [9.17, 15) is 0 Å². The van der Waals surface area contributed by atoms with E-state index in [1.165, 1.54) is 25.7 Å². The van der Waals surface area contributed by atoms with Crippen LogP contribution < -0.4 is 0 Å². The lowest BCUT2D eigenvalue weighted by Gasteiger charge is -2.29. The fourth-order valence-electron chi connectivity index (χ4n) is 1.28. The van der Waals surface area contributed by atoms with Crippen LogP contribution in [0.2, 0.25) is 0 Å². The van der Waals surface area contributed by atoms with Gasteiger partial charge in [0.2, 0.25) is 0 Å². The Kier molecular flexibility index (Phi) is 7.86. The summed E-state index contributed by atoms with van der Waals surface area (Å²) in [5.74, 6) is 0. The van der Waals surface area contributed by atoms with Crippen LogP contribution in [0.3, 0.4) is 0 Å². The van der Waals surface area contributed by atoms with Gasteiger partial charge in [-0.15, -0.1) is 0 Å². The Morgan fingerprint density at radius 1 is 1.00 bits per heavy atom. The molecule has 0 rings (SSSR count). The molecule has 84 valence electrons. The van der Waals surface area contributed by atoms with Crippen molar-refractivity contribution in [3.05, 3.63) is 0 Å². The molecule has 0 aliphatic rings. The maximum Gasteiger partial charge on any atom is 0.171 e. The fraction of sp³-hybridized carbons (Fsp3) is 0.909. The Bertz CT molecular complexity index is 149. The lowest BCUT2D eigenvalue weighted by Crippen LogP contribution is -2.40. The van der Waals surface area contributed by atoms with Crippen molar-refractivity contribution in [3.8, 4) is 0 Å². The van der Waals surface area contributed by atoms with Gasteiger partial charge in [-0.1, -0.05) is 26.7 Å². The zero-order chi connectivity index (χ0) is 11.0. The quantitative estimate of drug-likeness (QED) is 0.630. The Morgan fingerprint density at radius 3 is 1.71 bits per heavy atom. The average molecular weight is 216 g/mol. The monoisotopic (exact) mass is 216 g/mol. The first-order chi connectivity index (χ1) is 6.63. The molecule has 0 atom stereocenters. The largest absolute Gasteiger partial charge is 0.355 e. The number of hydrogen-bond donors (Lipinski definition) is 0. The molecule has 0 bridgehead atoms. The lowest BCUT2D eigenvalue weighted by molar-refractivity contribution is 0.362. The van der Waals surface area contributed by atoms with Crippen molar-refractivity contribution in [1.82, 2.24) is 9.80 Å². The summed E-state index contributed by atoms with van der Waals surface area (Å²) >= 11 is 5.38. The number of unbranched alkanes of at least 4 members (excludes halogenated alkanes) is 2. The van der Waals surface area contributed by atoms with Gasteiger partial charge in [-0.2, -0.15) is 0 Å². The van der Waals surface area contributed by atoms with E-state index in [-0.39, 0.29) is 0 Å². The van der Waals surface area contributed by atoms with Gasteiger partial charge in [-0.05, 0) is 25.1 Å². The SMILES string of the molecule is CCCCN(CCCC)C(=S)N(C)C. The lowest BCUT2D eigenvalue weighted by atomic mass is 10.3. The van der Waals surface area contributed by atoms with E-state index in [1.807, 2.05) is 19.0 Å². The van der Waals surface area contributed by atoms with Crippen LogP contribution in [-0.4, -0.2) is 42.1 Å². The molecule has 14 heavy (non-hydrogen) atoms. The summed E-state index contributed by atoms with van der Waals surface area (Å²) in [6, 6.07) is 0. The predicted octanol–water partition coefficient (Wildman–Crippen LogP) is 2.74. The van der Waals surface area contributed by atoms with Gasteiger partial charge >= 0.3 is 0 Å². The molecule has 0 amide bonds. The van der Waals surface area contributed by atoms with Crippen LogP contribution in [0.15, 0.2) is 0 Å². The van der Waals surface area contributed by atoms with Gasteiger partial charge in [0, 0.05) is 27.2 Å². The van der Waals surface area contributed by atoms with Crippen molar-refractivity contribution in [1.29, 1.82) is 0 Å². The van der Waals surface area contributed by atoms with Crippen molar-refractivity contribution in [2.75, 3.05) is 27.2 Å². The second-order valence-electron chi connectivity index (χ2n) is 3.87. The van der Waals surface area contributed by atoms with Gasteiger partial charge in [-0.25, -0.2) is 0 Å². The van der Waals surface area contributed by atoms with Crippen LogP contribution in [-0.2, 0) is 0 Å². The Labute approximate surface area is 94.3 Å². The summed E-state index contributed by atoms with van der Waals surface area (Å²) < 4.78 is 0. The van der Waals surface area contributed by atoms with E-state index in [4.69, 9.17) is 12.2 Å². The second kappa shape index (κ2) is 8.04. The van der Waals surface area contributed by atoms with Crippen LogP contribution in [0, 0.1) is 0 Å². The van der Waals surface area contributed by atoms with Crippen LogP contribution >= 0.6 is 12.2 Å². The summed E-state index contributed by atoms with van der Waals surface area (Å²) in [6.07, 6.45) is 4.94. The van der Waals surface area contributed by atoms with E-state index in [2.05, 4.69) is 18.7 Å². The van der Waals surface area contributed by atoms with Crippen LogP contribution in [0.5, 0.6) is 0 Å². The van der Waals surface area contributed by atoms with Gasteiger partial charge in [0.15, 0.2) is 5.11 Å². The maximum absolute atomic E-state index is 5.38. The molecule has 0 aromatic heterocycles. The molecule has 0 spiro atoms. The molecule has 0 aliphatic heterocycles. The van der Waals surface area contributed by atoms with Gasteiger partial charge < -0.3 is 9.80 Å². The van der Waals surface area contributed by atoms with Crippen molar-refractivity contribution < 1.29 is 0 Å². The van der Waals surface area contributed by atoms with E-state index >= 15 is 0 Å². The first kappa shape index (κ1) is 13.7. The standard InChI is InChI=1S/C11H24N2S/c1-5-7-9-13(10-8-6-2)11(14)12(3)4/h5-10H2,1-4H3. The molecular weight excluding hydrogens is 192 g/mol. The summed E-state index contributed by atoms with van der Waals surface area (Å²) in [4.78, 5) is 4.35. The number of hydrogen-bond acceptors (Lipinski definition) is 1. The molecule has 0 aromatic carbocycles. The molecule has 0 radical (unpaired) electrons. The molecule has 3 heteroatoms. The van der Waals surface area contributed by atoms with Gasteiger partial charge in [-0.3, -0.25) is 0 Å². The van der Waals surface area contributed by atoms with Gasteiger partial charge in [0.25, 0.3) is 0 Å². The summed E-state index contributed by atoms with van der Waals surface area (Å²) in [7, 11) is 4.04. The van der Waals surface area contributed by atoms with E-state index in [0.29, 0.717) is 0 Å². The minimum atomic E-state index is 0.979. The first-order valence-corrected chi connectivity index (χ1v) is 6.00. The topological polar surface area (TPSA) is 6.48 Å². The highest BCUT2D eigenvalue weighted by Gasteiger charge is 2.09. The minimum Gasteiger partial charge on any atom is -0.355 e. The van der Waals surface area contributed by atoms with Gasteiger partial charge in [0.1, 0.15) is 0 Å². The highest BCUT2D eigenvalue weighted by Crippen LogP contribution is 2.02. The highest BCUT2D eigenvalue weighted by molar-refractivity contribution is 7.80. The molecule has 0 saturated carbocycles. The Morgan fingerprint density at radius 2 is 1.43 bits per heavy atom. The van der Waals surface area contributed by atoms with E-state index in [0.717, 1.165) is 18.2 Å². The first-order valence-electron chi connectivity index (χ1n) is 5.59. The Balaban J connectivity index is 4.01. The molecule has 0 aromatic rings. The summed E-state index contributed by atoms with van der Waals surface area (Å²) in [6.45, 7) is 6.65. The summed E-state index contributed by atoms with van der Waals surface area (Å²) in [5, 5.41) is 0.979. The fourth-order valence-corrected chi connectivity index (χ4v) is 1.47. The molecule has 0 unspecified atom stereocenters. The zero-order valence-corrected chi connectivity index (χ0v) is 10.9. The van der Waals surface area contributed by atoms with Crippen LogP contribution in [0.4, 0.5) is 0 Å². The third-order valence-corrected chi connectivity index (χ3v) is 2.84. The van der Waals surface area contributed by atoms with Crippen molar-refractivity contribution in [3.63, 3.8) is 0 Å². The molecule has 0 saturated heterocycles. The van der Waals surface area contributed by atoms with E-state index in [1.54, 1.807) is 0 Å². The summed E-state index contributed by atoms with van der Waals surface area (Å²) in [5.41, 5.74) is 0. The Hall–Kier alpha value is -0.310. The number of nitrogens with zero attached hydrogens (tertiary/aromatic N) is 2. The smallest absolute Gasteiger partial charge is 0.171 e. The molecule has 0 N–H and O–H groups in total. The maximum atomic E-state index is 5.38. The van der Waals surface area contributed by atoms with Gasteiger partial charge in [0.05, 0.1) is 0 Å². The van der Waals surface area contributed by atoms with Crippen molar-refractivity contribution in [2.45, 2.75) is 39.5 Å².